The molecule has 0 radical (unpaired) electrons. The van der Waals surface area contributed by atoms with E-state index in [1.807, 2.05) is 11.3 Å². The van der Waals surface area contributed by atoms with Gasteiger partial charge in [-0.2, -0.15) is 0 Å². The molecular weight excluding hydrogens is 398 g/mol. The standard InChI is InChI=1S/C20H25NO2S.BrH/c1-11(2)3-5-13-8-15-19(24-13)10-21-16-6-4-12-7-17(22)18(23)9-14(12)20(15)16;/h7-9,11,16,20-23H,3-6,10H2,1-2H3;1H/t16-,20+;/m1./s1. The summed E-state index contributed by atoms with van der Waals surface area (Å²) < 4.78 is 0. The summed E-state index contributed by atoms with van der Waals surface area (Å²) in [6.45, 7) is 5.51. The van der Waals surface area contributed by atoms with E-state index in [0.29, 0.717) is 12.0 Å². The monoisotopic (exact) mass is 423 g/mol. The van der Waals surface area contributed by atoms with Crippen LogP contribution in [0.3, 0.4) is 0 Å². The number of thiophene rings is 1. The van der Waals surface area contributed by atoms with Crippen LogP contribution in [0.5, 0.6) is 11.5 Å². The second-order valence-corrected chi connectivity index (χ2v) is 8.79. The third-order valence-electron chi connectivity index (χ3n) is 5.42. The summed E-state index contributed by atoms with van der Waals surface area (Å²) in [5, 5.41) is 23.5. The average Bonchev–Trinajstić information content (AvgIpc) is 2.97. The number of rotatable bonds is 3. The smallest absolute Gasteiger partial charge is 0.157 e. The van der Waals surface area contributed by atoms with Gasteiger partial charge in [-0.25, -0.2) is 0 Å². The van der Waals surface area contributed by atoms with Crippen LogP contribution in [0.1, 0.15) is 59.1 Å². The van der Waals surface area contributed by atoms with Gasteiger partial charge in [0.15, 0.2) is 11.5 Å². The molecule has 4 rings (SSSR count). The van der Waals surface area contributed by atoms with Crippen molar-refractivity contribution in [3.05, 3.63) is 44.6 Å². The Hall–Kier alpha value is -1.04. The summed E-state index contributed by atoms with van der Waals surface area (Å²) in [6.07, 6.45) is 4.42. The molecule has 2 aromatic rings. The van der Waals surface area contributed by atoms with Gasteiger partial charge < -0.3 is 15.5 Å². The van der Waals surface area contributed by atoms with Crippen LogP contribution in [0.2, 0.25) is 0 Å². The van der Waals surface area contributed by atoms with Crippen molar-refractivity contribution in [1.29, 1.82) is 0 Å². The van der Waals surface area contributed by atoms with Gasteiger partial charge in [-0.15, -0.1) is 28.3 Å². The van der Waals surface area contributed by atoms with Gasteiger partial charge in [-0.1, -0.05) is 13.8 Å². The number of nitrogens with one attached hydrogen (secondary N) is 1. The maximum atomic E-state index is 10.00. The van der Waals surface area contributed by atoms with Gasteiger partial charge in [0, 0.05) is 28.3 Å². The van der Waals surface area contributed by atoms with E-state index < -0.39 is 0 Å². The van der Waals surface area contributed by atoms with Crippen LogP contribution in [-0.4, -0.2) is 16.3 Å². The van der Waals surface area contributed by atoms with E-state index in [2.05, 4.69) is 25.2 Å². The summed E-state index contributed by atoms with van der Waals surface area (Å²) in [5.41, 5.74) is 3.80. The number of fused-ring (bicyclic) bond motifs is 5. The number of aryl methyl sites for hydroxylation is 2. The van der Waals surface area contributed by atoms with Crippen molar-refractivity contribution >= 4 is 28.3 Å². The molecule has 25 heavy (non-hydrogen) atoms. The number of hydrogen-bond acceptors (Lipinski definition) is 4. The van der Waals surface area contributed by atoms with E-state index in [-0.39, 0.29) is 28.5 Å². The van der Waals surface area contributed by atoms with Gasteiger partial charge in [0.05, 0.1) is 0 Å². The lowest BCUT2D eigenvalue weighted by molar-refractivity contribution is 0.382. The lowest BCUT2D eigenvalue weighted by atomic mass is 9.74. The zero-order chi connectivity index (χ0) is 16.8. The third kappa shape index (κ3) is 3.46. The van der Waals surface area contributed by atoms with Crippen LogP contribution in [0.15, 0.2) is 18.2 Å². The molecule has 0 fully saturated rings. The van der Waals surface area contributed by atoms with Crippen LogP contribution < -0.4 is 5.32 Å². The Morgan fingerprint density at radius 1 is 1.16 bits per heavy atom. The number of hydrogen-bond donors (Lipinski definition) is 3. The number of aromatic hydroxyl groups is 2. The minimum Gasteiger partial charge on any atom is -0.504 e. The average molecular weight is 424 g/mol. The molecule has 3 nitrogen and oxygen atoms in total. The Kier molecular flexibility index (Phi) is 5.47. The molecule has 1 aliphatic carbocycles. The quantitative estimate of drug-likeness (QED) is 0.616. The maximum Gasteiger partial charge on any atom is 0.157 e. The molecule has 0 bridgehead atoms. The predicted octanol–water partition coefficient (Wildman–Crippen LogP) is 4.88. The summed E-state index contributed by atoms with van der Waals surface area (Å²) in [7, 11) is 0. The number of benzene rings is 1. The highest BCUT2D eigenvalue weighted by Crippen LogP contribution is 2.46. The Morgan fingerprint density at radius 3 is 2.68 bits per heavy atom. The van der Waals surface area contributed by atoms with Crippen LogP contribution in [0.4, 0.5) is 0 Å². The fourth-order valence-corrected chi connectivity index (χ4v) is 5.30. The highest BCUT2D eigenvalue weighted by atomic mass is 79.9. The van der Waals surface area contributed by atoms with Gasteiger partial charge in [-0.05, 0) is 66.5 Å². The van der Waals surface area contributed by atoms with Crippen LogP contribution >= 0.6 is 28.3 Å². The molecule has 2 heterocycles. The molecule has 1 aromatic carbocycles. The first-order valence-electron chi connectivity index (χ1n) is 8.92. The van der Waals surface area contributed by atoms with E-state index >= 15 is 0 Å². The maximum absolute atomic E-state index is 10.00. The van der Waals surface area contributed by atoms with Crippen molar-refractivity contribution in [2.45, 2.75) is 58.0 Å². The molecule has 5 heteroatoms. The van der Waals surface area contributed by atoms with Crippen molar-refractivity contribution < 1.29 is 10.2 Å². The van der Waals surface area contributed by atoms with Crippen LogP contribution in [0.25, 0.3) is 0 Å². The lowest BCUT2D eigenvalue weighted by Gasteiger charge is -2.38. The Bertz CT molecular complexity index is 771. The van der Waals surface area contributed by atoms with Crippen molar-refractivity contribution in [1.82, 2.24) is 5.32 Å². The van der Waals surface area contributed by atoms with E-state index in [9.17, 15) is 10.2 Å². The fourth-order valence-electron chi connectivity index (χ4n) is 4.12. The normalized spacial score (nSPS) is 21.2. The highest BCUT2D eigenvalue weighted by molar-refractivity contribution is 8.93. The first-order valence-corrected chi connectivity index (χ1v) is 9.74. The van der Waals surface area contributed by atoms with Crippen LogP contribution in [-0.2, 0) is 19.4 Å². The first kappa shape index (κ1) is 18.7. The Labute approximate surface area is 163 Å². The summed E-state index contributed by atoms with van der Waals surface area (Å²) >= 11 is 1.94. The first-order chi connectivity index (χ1) is 11.5. The van der Waals surface area contributed by atoms with Gasteiger partial charge in [0.25, 0.3) is 0 Å². The zero-order valence-electron chi connectivity index (χ0n) is 14.7. The summed E-state index contributed by atoms with van der Waals surface area (Å²) in [5.74, 6) is 1.02. The van der Waals surface area contributed by atoms with Crippen molar-refractivity contribution in [3.63, 3.8) is 0 Å². The lowest BCUT2D eigenvalue weighted by Crippen LogP contribution is -2.41. The summed E-state index contributed by atoms with van der Waals surface area (Å²) in [4.78, 5) is 2.92. The molecule has 1 aromatic heterocycles. The molecule has 2 atom stereocenters. The predicted molar refractivity (Wildman–Crippen MR) is 108 cm³/mol. The minimum absolute atomic E-state index is 0. The molecular formula is C20H26BrNO2S. The summed E-state index contributed by atoms with van der Waals surface area (Å²) in [6, 6.07) is 6.37. The topological polar surface area (TPSA) is 52.5 Å². The molecule has 0 spiro atoms. The van der Waals surface area contributed by atoms with Gasteiger partial charge >= 0.3 is 0 Å². The van der Waals surface area contributed by atoms with E-state index in [1.54, 1.807) is 12.1 Å². The highest BCUT2D eigenvalue weighted by Gasteiger charge is 2.36. The molecule has 0 saturated carbocycles. The van der Waals surface area contributed by atoms with Crippen LogP contribution in [0, 0.1) is 5.92 Å². The number of phenolic OH excluding ortho intramolecular Hbond substituents is 2. The van der Waals surface area contributed by atoms with E-state index in [1.165, 1.54) is 32.9 Å². The van der Waals surface area contributed by atoms with Gasteiger partial charge in [0.2, 0.25) is 0 Å². The second kappa shape index (κ2) is 7.29. The molecule has 136 valence electrons. The Morgan fingerprint density at radius 2 is 1.92 bits per heavy atom. The third-order valence-corrected chi connectivity index (χ3v) is 6.63. The molecule has 0 unspecified atom stereocenters. The van der Waals surface area contributed by atoms with Crippen molar-refractivity contribution in [2.24, 2.45) is 5.92 Å². The van der Waals surface area contributed by atoms with E-state index in [0.717, 1.165) is 31.7 Å². The largest absolute Gasteiger partial charge is 0.504 e. The molecule has 3 N–H and O–H groups in total. The number of phenols is 2. The molecule has 2 aliphatic rings. The molecule has 0 amide bonds. The fraction of sp³-hybridized carbons (Fsp3) is 0.500. The Balaban J connectivity index is 0.00000182. The van der Waals surface area contributed by atoms with E-state index in [4.69, 9.17) is 0 Å². The second-order valence-electron chi connectivity index (χ2n) is 7.57. The molecule has 1 aliphatic heterocycles. The zero-order valence-corrected chi connectivity index (χ0v) is 17.2. The van der Waals surface area contributed by atoms with Crippen molar-refractivity contribution in [3.8, 4) is 11.5 Å². The van der Waals surface area contributed by atoms with Gasteiger partial charge in [-0.3, -0.25) is 0 Å². The minimum atomic E-state index is -0.00298. The SMILES string of the molecule is Br.CC(C)CCc1cc2c(s1)CN[C@@H]1CCc3cc(O)c(O)cc3[C@@H]21. The number of halogens is 1. The van der Waals surface area contributed by atoms with Gasteiger partial charge in [0.1, 0.15) is 0 Å². The van der Waals surface area contributed by atoms with Crippen molar-refractivity contribution in [2.75, 3.05) is 0 Å². The molecule has 0 saturated heterocycles.